The highest BCUT2D eigenvalue weighted by atomic mass is 32.2. The van der Waals surface area contributed by atoms with Crippen molar-refractivity contribution in [2.75, 3.05) is 13.1 Å². The Kier molecular flexibility index (Phi) is 3.71. The maximum Gasteiger partial charge on any atom is 0.244 e. The highest BCUT2D eigenvalue weighted by Gasteiger charge is 2.26. The third-order valence-electron chi connectivity index (χ3n) is 4.04. The van der Waals surface area contributed by atoms with Crippen molar-refractivity contribution in [2.24, 2.45) is 7.05 Å². The number of rotatable bonds is 2. The van der Waals surface area contributed by atoms with Crippen molar-refractivity contribution in [1.29, 1.82) is 0 Å². The highest BCUT2D eigenvalue weighted by Crippen LogP contribution is 2.23. The molecule has 3 rings (SSSR count). The maximum atomic E-state index is 12.8. The van der Waals surface area contributed by atoms with E-state index in [0.29, 0.717) is 18.7 Å². The van der Waals surface area contributed by atoms with Gasteiger partial charge in [-0.3, -0.25) is 4.68 Å². The van der Waals surface area contributed by atoms with Crippen molar-refractivity contribution >= 4 is 21.1 Å². The Hall–Kier alpha value is -1.47. The molecular formula is C14H20N4O2S. The molecule has 0 aliphatic carbocycles. The quantitative estimate of drug-likeness (QED) is 0.849. The van der Waals surface area contributed by atoms with Crippen LogP contribution in [0, 0.1) is 6.92 Å². The molecule has 21 heavy (non-hydrogen) atoms. The summed E-state index contributed by atoms with van der Waals surface area (Å²) < 4.78 is 28.8. The summed E-state index contributed by atoms with van der Waals surface area (Å²) in [6, 6.07) is 1.70. The topological polar surface area (TPSA) is 68.1 Å². The zero-order chi connectivity index (χ0) is 15.0. The lowest BCUT2D eigenvalue weighted by Crippen LogP contribution is -2.32. The zero-order valence-electron chi connectivity index (χ0n) is 12.4. The first-order valence-corrected chi connectivity index (χ1v) is 8.73. The van der Waals surface area contributed by atoms with Gasteiger partial charge in [-0.2, -0.15) is 9.40 Å². The van der Waals surface area contributed by atoms with Gasteiger partial charge in [0, 0.05) is 31.7 Å². The molecule has 1 aliphatic heterocycles. The number of nitrogens with zero attached hydrogens (tertiary/aromatic N) is 4. The fourth-order valence-corrected chi connectivity index (χ4v) is 4.35. The summed E-state index contributed by atoms with van der Waals surface area (Å²) >= 11 is 0. The second kappa shape index (κ2) is 5.38. The molecule has 0 radical (unpaired) electrons. The molecule has 3 heterocycles. The molecule has 1 saturated heterocycles. The molecule has 0 atom stereocenters. The molecule has 0 N–H and O–H groups in total. The van der Waals surface area contributed by atoms with E-state index in [1.54, 1.807) is 15.1 Å². The van der Waals surface area contributed by atoms with Gasteiger partial charge in [0.05, 0.1) is 5.69 Å². The summed E-state index contributed by atoms with van der Waals surface area (Å²) in [5, 5.41) is 5.09. The van der Waals surface area contributed by atoms with Crippen LogP contribution in [-0.4, -0.2) is 40.6 Å². The third-order valence-corrected chi connectivity index (χ3v) is 5.90. The Morgan fingerprint density at radius 3 is 2.48 bits per heavy atom. The van der Waals surface area contributed by atoms with E-state index in [-0.39, 0.29) is 4.90 Å². The zero-order valence-corrected chi connectivity index (χ0v) is 13.2. The lowest BCUT2D eigenvalue weighted by atomic mass is 10.2. The molecule has 7 heteroatoms. The van der Waals surface area contributed by atoms with Crippen molar-refractivity contribution in [3.8, 4) is 0 Å². The van der Waals surface area contributed by atoms with Crippen LogP contribution in [0.15, 0.2) is 17.2 Å². The average molecular weight is 308 g/mol. The Morgan fingerprint density at radius 2 is 1.81 bits per heavy atom. The van der Waals surface area contributed by atoms with E-state index in [2.05, 4.69) is 10.1 Å². The van der Waals surface area contributed by atoms with Crippen molar-refractivity contribution in [2.45, 2.75) is 37.5 Å². The molecule has 0 unspecified atom stereocenters. The molecule has 6 nitrogen and oxygen atoms in total. The van der Waals surface area contributed by atoms with Crippen LogP contribution in [0.1, 0.15) is 31.4 Å². The molecule has 1 aliphatic rings. The van der Waals surface area contributed by atoms with Crippen molar-refractivity contribution in [3.63, 3.8) is 0 Å². The minimum absolute atomic E-state index is 0.271. The minimum Gasteiger partial charge on any atom is -0.250 e. The van der Waals surface area contributed by atoms with Crippen LogP contribution >= 0.6 is 0 Å². The fraction of sp³-hybridized carbons (Fsp3) is 0.571. The Morgan fingerprint density at radius 1 is 1.14 bits per heavy atom. The van der Waals surface area contributed by atoms with E-state index >= 15 is 0 Å². The van der Waals surface area contributed by atoms with Gasteiger partial charge < -0.3 is 0 Å². The molecule has 0 aromatic carbocycles. The average Bonchev–Trinajstić information content (AvgIpc) is 2.67. The largest absolute Gasteiger partial charge is 0.250 e. The van der Waals surface area contributed by atoms with Crippen molar-refractivity contribution in [3.05, 3.63) is 18.0 Å². The predicted octanol–water partition coefficient (Wildman–Crippen LogP) is 1.84. The van der Waals surface area contributed by atoms with Gasteiger partial charge >= 0.3 is 0 Å². The lowest BCUT2D eigenvalue weighted by molar-refractivity contribution is 0.423. The number of hydrogen-bond donors (Lipinski definition) is 0. The van der Waals surface area contributed by atoms with Gasteiger partial charge in [-0.1, -0.05) is 12.8 Å². The van der Waals surface area contributed by atoms with Gasteiger partial charge in [-0.15, -0.1) is 0 Å². The number of sulfonamides is 1. The van der Waals surface area contributed by atoms with E-state index in [0.717, 1.165) is 36.8 Å². The third kappa shape index (κ3) is 2.55. The molecule has 0 bridgehead atoms. The molecule has 0 spiro atoms. The molecule has 0 amide bonds. The summed E-state index contributed by atoms with van der Waals surface area (Å²) in [6.45, 7) is 3.07. The standard InChI is InChI=1S/C14H20N4O2S/c1-11-13-9-12(10-15-14(13)17(2)16-11)21(19,20)18-7-5-3-4-6-8-18/h9-10H,3-8H2,1-2H3. The van der Waals surface area contributed by atoms with Crippen LogP contribution < -0.4 is 0 Å². The van der Waals surface area contributed by atoms with Crippen LogP contribution in [0.25, 0.3) is 11.0 Å². The fourth-order valence-electron chi connectivity index (χ4n) is 2.86. The van der Waals surface area contributed by atoms with E-state index in [1.807, 2.05) is 14.0 Å². The van der Waals surface area contributed by atoms with Crippen molar-refractivity contribution < 1.29 is 8.42 Å². The van der Waals surface area contributed by atoms with Crippen LogP contribution in [0.3, 0.4) is 0 Å². The monoisotopic (exact) mass is 308 g/mol. The molecule has 0 saturated carbocycles. The summed E-state index contributed by atoms with van der Waals surface area (Å²) in [6.07, 6.45) is 5.52. The molecular weight excluding hydrogens is 288 g/mol. The van der Waals surface area contributed by atoms with Crippen molar-refractivity contribution in [1.82, 2.24) is 19.1 Å². The number of aryl methyl sites for hydroxylation is 2. The number of hydrogen-bond acceptors (Lipinski definition) is 4. The van der Waals surface area contributed by atoms with Crippen LogP contribution in [0.5, 0.6) is 0 Å². The van der Waals surface area contributed by atoms with Gasteiger partial charge in [0.15, 0.2) is 5.65 Å². The Labute approximate surface area is 124 Å². The molecule has 114 valence electrons. The van der Waals surface area contributed by atoms with Gasteiger partial charge in [0.2, 0.25) is 10.0 Å². The number of aromatic nitrogens is 3. The second-order valence-electron chi connectivity index (χ2n) is 5.57. The first-order valence-electron chi connectivity index (χ1n) is 7.29. The molecule has 1 fully saturated rings. The van der Waals surface area contributed by atoms with E-state index in [1.165, 1.54) is 6.20 Å². The van der Waals surface area contributed by atoms with Gasteiger partial charge in [-0.25, -0.2) is 13.4 Å². The van der Waals surface area contributed by atoms with Gasteiger partial charge in [0.1, 0.15) is 4.90 Å². The Bertz CT molecular complexity index is 759. The number of fused-ring (bicyclic) bond motifs is 1. The minimum atomic E-state index is -3.45. The van der Waals surface area contributed by atoms with E-state index in [9.17, 15) is 8.42 Å². The molecule has 2 aromatic heterocycles. The van der Waals surface area contributed by atoms with E-state index < -0.39 is 10.0 Å². The summed E-state index contributed by atoms with van der Waals surface area (Å²) in [4.78, 5) is 4.55. The summed E-state index contributed by atoms with van der Waals surface area (Å²) in [5.41, 5.74) is 1.51. The van der Waals surface area contributed by atoms with Gasteiger partial charge in [-0.05, 0) is 25.8 Å². The molecule has 2 aromatic rings. The second-order valence-corrected chi connectivity index (χ2v) is 7.51. The first kappa shape index (κ1) is 14.5. The lowest BCUT2D eigenvalue weighted by Gasteiger charge is -2.19. The Balaban J connectivity index is 2.03. The SMILES string of the molecule is Cc1nn(C)c2ncc(S(=O)(=O)N3CCCCCC3)cc12. The van der Waals surface area contributed by atoms with Crippen LogP contribution in [-0.2, 0) is 17.1 Å². The first-order chi connectivity index (χ1) is 10.00. The van der Waals surface area contributed by atoms with Crippen LogP contribution in [0.4, 0.5) is 0 Å². The summed E-state index contributed by atoms with van der Waals surface area (Å²) in [7, 11) is -1.64. The van der Waals surface area contributed by atoms with Gasteiger partial charge in [0.25, 0.3) is 0 Å². The predicted molar refractivity (Wildman–Crippen MR) is 80.5 cm³/mol. The number of pyridine rings is 1. The van der Waals surface area contributed by atoms with E-state index in [4.69, 9.17) is 0 Å². The van der Waals surface area contributed by atoms with Crippen LogP contribution in [0.2, 0.25) is 0 Å². The maximum absolute atomic E-state index is 12.8. The normalized spacial score (nSPS) is 18.0. The highest BCUT2D eigenvalue weighted by molar-refractivity contribution is 7.89. The summed E-state index contributed by atoms with van der Waals surface area (Å²) in [5.74, 6) is 0. The smallest absolute Gasteiger partial charge is 0.244 e.